The highest BCUT2D eigenvalue weighted by Crippen LogP contribution is 2.03. The van der Waals surface area contributed by atoms with Crippen molar-refractivity contribution in [2.24, 2.45) is 0 Å². The Morgan fingerprint density at radius 3 is 2.77 bits per heavy atom. The molecule has 1 rings (SSSR count). The second-order valence-electron chi connectivity index (χ2n) is 3.38. The van der Waals surface area contributed by atoms with Crippen molar-refractivity contribution in [2.75, 3.05) is 11.9 Å². The molecular weight excluding hydrogens is 160 g/mol. The fourth-order valence-electron chi connectivity index (χ4n) is 0.932. The number of nitrogens with one attached hydrogen (secondary N) is 1. The van der Waals surface area contributed by atoms with Crippen LogP contribution >= 0.6 is 0 Å². The maximum absolute atomic E-state index is 4.23. The van der Waals surface area contributed by atoms with Gasteiger partial charge in [-0.25, -0.2) is 4.98 Å². The lowest BCUT2D eigenvalue weighted by molar-refractivity contribution is 1.19. The standard InChI is InChI=1S/C11H16N2/c1-9(2)6-7-12-11-5-4-10(3)8-13-11/h4-6,8H,7H2,1-3H3,(H,12,13). The molecule has 0 spiro atoms. The van der Waals surface area contributed by atoms with E-state index >= 15 is 0 Å². The van der Waals surface area contributed by atoms with E-state index in [0.29, 0.717) is 0 Å². The van der Waals surface area contributed by atoms with Gasteiger partial charge in [-0.05, 0) is 32.4 Å². The molecule has 0 amide bonds. The molecule has 1 heterocycles. The van der Waals surface area contributed by atoms with E-state index in [2.05, 4.69) is 36.3 Å². The van der Waals surface area contributed by atoms with Gasteiger partial charge in [-0.15, -0.1) is 0 Å². The number of hydrogen-bond acceptors (Lipinski definition) is 2. The Bertz CT molecular complexity index is 281. The highest BCUT2D eigenvalue weighted by molar-refractivity contribution is 5.35. The molecule has 1 aromatic heterocycles. The monoisotopic (exact) mass is 176 g/mol. The van der Waals surface area contributed by atoms with Crippen molar-refractivity contribution in [3.8, 4) is 0 Å². The molecule has 1 aromatic rings. The van der Waals surface area contributed by atoms with Crippen molar-refractivity contribution < 1.29 is 0 Å². The number of allylic oxidation sites excluding steroid dienone is 1. The number of anilines is 1. The van der Waals surface area contributed by atoms with Gasteiger partial charge in [0.1, 0.15) is 5.82 Å². The van der Waals surface area contributed by atoms with Gasteiger partial charge < -0.3 is 5.32 Å². The molecule has 0 aromatic carbocycles. The van der Waals surface area contributed by atoms with Crippen molar-refractivity contribution in [2.45, 2.75) is 20.8 Å². The van der Waals surface area contributed by atoms with Crippen LogP contribution in [0.1, 0.15) is 19.4 Å². The first kappa shape index (κ1) is 9.78. The van der Waals surface area contributed by atoms with Crippen molar-refractivity contribution in [1.29, 1.82) is 0 Å². The average Bonchev–Trinajstić information content (AvgIpc) is 2.08. The van der Waals surface area contributed by atoms with Crippen LogP contribution in [0.15, 0.2) is 30.0 Å². The normalized spacial score (nSPS) is 9.46. The van der Waals surface area contributed by atoms with Crippen LogP contribution in [0.2, 0.25) is 0 Å². The van der Waals surface area contributed by atoms with Gasteiger partial charge in [-0.1, -0.05) is 17.7 Å². The van der Waals surface area contributed by atoms with E-state index in [-0.39, 0.29) is 0 Å². The zero-order chi connectivity index (χ0) is 9.68. The summed E-state index contributed by atoms with van der Waals surface area (Å²) in [7, 11) is 0. The van der Waals surface area contributed by atoms with Crippen LogP contribution in [0.3, 0.4) is 0 Å². The van der Waals surface area contributed by atoms with Gasteiger partial charge in [-0.3, -0.25) is 0 Å². The Balaban J connectivity index is 2.46. The summed E-state index contributed by atoms with van der Waals surface area (Å²) in [5.74, 6) is 0.933. The van der Waals surface area contributed by atoms with Crippen molar-refractivity contribution in [3.05, 3.63) is 35.5 Å². The highest BCUT2D eigenvalue weighted by atomic mass is 15.0. The predicted octanol–water partition coefficient (Wildman–Crippen LogP) is 2.77. The lowest BCUT2D eigenvalue weighted by atomic mass is 10.3. The maximum Gasteiger partial charge on any atom is 0.126 e. The Hall–Kier alpha value is -1.31. The molecule has 0 bridgehead atoms. The molecule has 1 N–H and O–H groups in total. The van der Waals surface area contributed by atoms with Crippen molar-refractivity contribution >= 4 is 5.82 Å². The summed E-state index contributed by atoms with van der Waals surface area (Å²) < 4.78 is 0. The molecule has 13 heavy (non-hydrogen) atoms. The van der Waals surface area contributed by atoms with E-state index in [4.69, 9.17) is 0 Å². The summed E-state index contributed by atoms with van der Waals surface area (Å²) in [6.07, 6.45) is 4.01. The van der Waals surface area contributed by atoms with Crippen LogP contribution in [0.25, 0.3) is 0 Å². The van der Waals surface area contributed by atoms with Crippen LogP contribution in [-0.4, -0.2) is 11.5 Å². The predicted molar refractivity (Wildman–Crippen MR) is 56.9 cm³/mol. The third kappa shape index (κ3) is 3.74. The minimum Gasteiger partial charge on any atom is -0.367 e. The largest absolute Gasteiger partial charge is 0.367 e. The number of pyridine rings is 1. The van der Waals surface area contributed by atoms with Crippen LogP contribution < -0.4 is 5.32 Å². The van der Waals surface area contributed by atoms with Gasteiger partial charge in [0.2, 0.25) is 0 Å². The van der Waals surface area contributed by atoms with Gasteiger partial charge in [0, 0.05) is 12.7 Å². The zero-order valence-corrected chi connectivity index (χ0v) is 8.46. The van der Waals surface area contributed by atoms with Crippen LogP contribution in [0.4, 0.5) is 5.82 Å². The summed E-state index contributed by atoms with van der Waals surface area (Å²) in [4.78, 5) is 4.23. The van der Waals surface area contributed by atoms with E-state index in [1.165, 1.54) is 11.1 Å². The summed E-state index contributed by atoms with van der Waals surface area (Å²) in [6, 6.07) is 4.05. The number of aryl methyl sites for hydroxylation is 1. The molecule has 0 aliphatic heterocycles. The van der Waals surface area contributed by atoms with E-state index in [9.17, 15) is 0 Å². The Morgan fingerprint density at radius 2 is 2.23 bits per heavy atom. The smallest absolute Gasteiger partial charge is 0.126 e. The molecule has 2 nitrogen and oxygen atoms in total. The molecule has 0 saturated carbocycles. The molecule has 2 heteroatoms. The summed E-state index contributed by atoms with van der Waals surface area (Å²) >= 11 is 0. The summed E-state index contributed by atoms with van der Waals surface area (Å²) in [5.41, 5.74) is 2.51. The van der Waals surface area contributed by atoms with Gasteiger partial charge in [0.15, 0.2) is 0 Å². The molecule has 0 aliphatic carbocycles. The minimum atomic E-state index is 0.846. The Labute approximate surface area is 79.7 Å². The third-order valence-electron chi connectivity index (χ3n) is 1.70. The molecule has 0 unspecified atom stereocenters. The minimum absolute atomic E-state index is 0.846. The molecule has 0 atom stereocenters. The quantitative estimate of drug-likeness (QED) is 0.716. The molecule has 0 saturated heterocycles. The lowest BCUT2D eigenvalue weighted by Gasteiger charge is -2.02. The maximum atomic E-state index is 4.23. The fourth-order valence-corrected chi connectivity index (χ4v) is 0.932. The topological polar surface area (TPSA) is 24.9 Å². The molecule has 70 valence electrons. The second kappa shape index (κ2) is 4.65. The summed E-state index contributed by atoms with van der Waals surface area (Å²) in [5, 5.41) is 3.22. The lowest BCUT2D eigenvalue weighted by Crippen LogP contribution is -2.00. The Kier molecular flexibility index (Phi) is 3.50. The van der Waals surface area contributed by atoms with Crippen molar-refractivity contribution in [3.63, 3.8) is 0 Å². The van der Waals surface area contributed by atoms with Crippen LogP contribution in [0, 0.1) is 6.92 Å². The average molecular weight is 176 g/mol. The number of nitrogens with zero attached hydrogens (tertiary/aromatic N) is 1. The first-order valence-electron chi connectivity index (χ1n) is 4.48. The Morgan fingerprint density at radius 1 is 1.46 bits per heavy atom. The molecule has 0 aliphatic rings. The van der Waals surface area contributed by atoms with Gasteiger partial charge >= 0.3 is 0 Å². The molecule has 0 radical (unpaired) electrons. The van der Waals surface area contributed by atoms with Gasteiger partial charge in [0.05, 0.1) is 0 Å². The number of aromatic nitrogens is 1. The van der Waals surface area contributed by atoms with Crippen molar-refractivity contribution in [1.82, 2.24) is 4.98 Å². The highest BCUT2D eigenvalue weighted by Gasteiger charge is 1.89. The first-order valence-corrected chi connectivity index (χ1v) is 4.48. The molecule has 0 fully saturated rings. The number of rotatable bonds is 3. The van der Waals surface area contributed by atoms with E-state index < -0.39 is 0 Å². The second-order valence-corrected chi connectivity index (χ2v) is 3.38. The first-order chi connectivity index (χ1) is 6.18. The molecular formula is C11H16N2. The van der Waals surface area contributed by atoms with Gasteiger partial charge in [-0.2, -0.15) is 0 Å². The fraction of sp³-hybridized carbons (Fsp3) is 0.364. The SMILES string of the molecule is CC(C)=CCNc1ccc(C)cn1. The van der Waals surface area contributed by atoms with Gasteiger partial charge in [0.25, 0.3) is 0 Å². The van der Waals surface area contributed by atoms with Crippen LogP contribution in [-0.2, 0) is 0 Å². The number of hydrogen-bond donors (Lipinski definition) is 1. The van der Waals surface area contributed by atoms with E-state index in [1.807, 2.05) is 19.2 Å². The zero-order valence-electron chi connectivity index (χ0n) is 8.46. The van der Waals surface area contributed by atoms with E-state index in [1.54, 1.807) is 0 Å². The summed E-state index contributed by atoms with van der Waals surface area (Å²) in [6.45, 7) is 7.06. The van der Waals surface area contributed by atoms with E-state index in [0.717, 1.165) is 12.4 Å². The van der Waals surface area contributed by atoms with Crippen LogP contribution in [0.5, 0.6) is 0 Å². The third-order valence-corrected chi connectivity index (χ3v) is 1.70.